The lowest BCUT2D eigenvalue weighted by Gasteiger charge is -2.05. The Hall–Kier alpha value is -1.15. The first kappa shape index (κ1) is 16.2. The summed E-state index contributed by atoms with van der Waals surface area (Å²) in [4.78, 5) is 11.7. The molecule has 0 atom stereocenters. The van der Waals surface area contributed by atoms with Gasteiger partial charge in [-0.15, -0.1) is 0 Å². The Bertz CT molecular complexity index is 588. The van der Waals surface area contributed by atoms with Crippen LogP contribution in [0.5, 0.6) is 0 Å². The Balaban J connectivity index is 1.61. The summed E-state index contributed by atoms with van der Waals surface area (Å²) in [7, 11) is 0. The van der Waals surface area contributed by atoms with Gasteiger partial charge in [0.05, 0.1) is 20.8 Å². The molecular weight excluding hydrogens is 402 g/mol. The van der Waals surface area contributed by atoms with E-state index < -0.39 is 0 Å². The standard InChI is InChI=1S/C13H17Br2N5O/c1-10-12(15)9-20(18-10)5-2-4-16-13(21)3-6-19-8-11(14)7-17-19/h7-9H,2-6H2,1H3,(H,16,21). The van der Waals surface area contributed by atoms with E-state index in [-0.39, 0.29) is 5.91 Å². The lowest BCUT2D eigenvalue weighted by molar-refractivity contribution is -0.121. The fraction of sp³-hybridized carbons (Fsp3) is 0.462. The summed E-state index contributed by atoms with van der Waals surface area (Å²) in [6.07, 6.45) is 6.80. The number of aryl methyl sites for hydroxylation is 3. The van der Waals surface area contributed by atoms with Crippen molar-refractivity contribution in [3.63, 3.8) is 0 Å². The Morgan fingerprint density at radius 2 is 2.10 bits per heavy atom. The highest BCUT2D eigenvalue weighted by Crippen LogP contribution is 2.13. The molecule has 2 heterocycles. The quantitative estimate of drug-likeness (QED) is 0.702. The van der Waals surface area contributed by atoms with E-state index in [0.29, 0.717) is 19.5 Å². The number of halogens is 2. The van der Waals surface area contributed by atoms with E-state index >= 15 is 0 Å². The Labute approximate surface area is 140 Å². The van der Waals surface area contributed by atoms with Gasteiger partial charge in [0.15, 0.2) is 0 Å². The van der Waals surface area contributed by atoms with E-state index in [2.05, 4.69) is 47.4 Å². The van der Waals surface area contributed by atoms with E-state index in [1.807, 2.05) is 24.0 Å². The van der Waals surface area contributed by atoms with E-state index in [4.69, 9.17) is 0 Å². The van der Waals surface area contributed by atoms with E-state index in [1.165, 1.54) is 0 Å². The van der Waals surface area contributed by atoms with Crippen LogP contribution in [0.3, 0.4) is 0 Å². The van der Waals surface area contributed by atoms with Gasteiger partial charge in [-0.2, -0.15) is 10.2 Å². The first-order valence-corrected chi connectivity index (χ1v) is 8.27. The number of rotatable bonds is 7. The van der Waals surface area contributed by atoms with Crippen molar-refractivity contribution in [2.24, 2.45) is 0 Å². The van der Waals surface area contributed by atoms with Crippen molar-refractivity contribution in [3.8, 4) is 0 Å². The van der Waals surface area contributed by atoms with Crippen molar-refractivity contribution in [1.29, 1.82) is 0 Å². The van der Waals surface area contributed by atoms with Crippen LogP contribution in [0, 0.1) is 6.92 Å². The molecule has 1 N–H and O–H groups in total. The molecule has 0 aliphatic heterocycles. The van der Waals surface area contributed by atoms with Gasteiger partial charge in [0.1, 0.15) is 0 Å². The second-order valence-corrected chi connectivity index (χ2v) is 6.47. The molecule has 0 bridgehead atoms. The van der Waals surface area contributed by atoms with Crippen molar-refractivity contribution in [1.82, 2.24) is 24.9 Å². The third-order valence-corrected chi connectivity index (χ3v) is 4.13. The van der Waals surface area contributed by atoms with Gasteiger partial charge < -0.3 is 5.32 Å². The molecule has 0 radical (unpaired) electrons. The predicted octanol–water partition coefficient (Wildman–Crippen LogP) is 2.51. The number of amides is 1. The maximum atomic E-state index is 11.7. The maximum absolute atomic E-state index is 11.7. The number of carbonyl (C=O) groups is 1. The highest BCUT2D eigenvalue weighted by molar-refractivity contribution is 9.10. The summed E-state index contributed by atoms with van der Waals surface area (Å²) in [5.41, 5.74) is 0.976. The second kappa shape index (κ2) is 7.74. The third-order valence-electron chi connectivity index (χ3n) is 2.94. The number of aromatic nitrogens is 4. The smallest absolute Gasteiger partial charge is 0.221 e. The molecule has 0 saturated carbocycles. The molecule has 0 aliphatic rings. The normalized spacial score (nSPS) is 10.8. The summed E-state index contributed by atoms with van der Waals surface area (Å²) >= 11 is 6.75. The van der Waals surface area contributed by atoms with Gasteiger partial charge in [0.2, 0.25) is 5.91 Å². The molecule has 2 aromatic rings. The lowest BCUT2D eigenvalue weighted by Crippen LogP contribution is -2.26. The Kier molecular flexibility index (Phi) is 5.98. The van der Waals surface area contributed by atoms with Gasteiger partial charge in [-0.25, -0.2) is 0 Å². The average Bonchev–Trinajstić information content (AvgIpc) is 2.99. The van der Waals surface area contributed by atoms with Crippen LogP contribution in [0.25, 0.3) is 0 Å². The molecule has 21 heavy (non-hydrogen) atoms. The molecule has 0 unspecified atom stereocenters. The van der Waals surface area contributed by atoms with Gasteiger partial charge in [0.25, 0.3) is 0 Å². The number of hydrogen-bond acceptors (Lipinski definition) is 3. The van der Waals surface area contributed by atoms with Gasteiger partial charge in [-0.05, 0) is 45.2 Å². The van der Waals surface area contributed by atoms with E-state index in [0.717, 1.165) is 27.6 Å². The molecular formula is C13H17Br2N5O. The SMILES string of the molecule is Cc1nn(CCCNC(=O)CCn2cc(Br)cn2)cc1Br. The van der Waals surface area contributed by atoms with Gasteiger partial charge in [0, 0.05) is 38.4 Å². The van der Waals surface area contributed by atoms with Gasteiger partial charge >= 0.3 is 0 Å². The summed E-state index contributed by atoms with van der Waals surface area (Å²) < 4.78 is 5.56. The fourth-order valence-electron chi connectivity index (χ4n) is 1.84. The molecule has 8 heteroatoms. The summed E-state index contributed by atoms with van der Waals surface area (Å²) in [5.74, 6) is 0.0412. The maximum Gasteiger partial charge on any atom is 0.221 e. The summed E-state index contributed by atoms with van der Waals surface area (Å²) in [5, 5.41) is 11.4. The number of hydrogen-bond donors (Lipinski definition) is 1. The highest BCUT2D eigenvalue weighted by atomic mass is 79.9. The molecule has 2 rings (SSSR count). The topological polar surface area (TPSA) is 64.7 Å². The third kappa shape index (κ3) is 5.28. The Morgan fingerprint density at radius 3 is 2.71 bits per heavy atom. The average molecular weight is 419 g/mol. The molecule has 114 valence electrons. The molecule has 2 aromatic heterocycles. The minimum atomic E-state index is 0.0412. The number of carbonyl (C=O) groups excluding carboxylic acids is 1. The summed E-state index contributed by atoms with van der Waals surface area (Å²) in [6.45, 7) is 3.98. The van der Waals surface area contributed by atoms with Gasteiger partial charge in [-0.1, -0.05) is 0 Å². The van der Waals surface area contributed by atoms with Crippen LogP contribution in [-0.2, 0) is 17.9 Å². The minimum absolute atomic E-state index is 0.0412. The fourth-order valence-corrected chi connectivity index (χ4v) is 2.49. The molecule has 1 amide bonds. The van der Waals surface area contributed by atoms with Crippen LogP contribution in [0.1, 0.15) is 18.5 Å². The molecule has 0 aromatic carbocycles. The molecule has 6 nitrogen and oxygen atoms in total. The van der Waals surface area contributed by atoms with Crippen molar-refractivity contribution in [2.75, 3.05) is 6.54 Å². The van der Waals surface area contributed by atoms with Gasteiger partial charge in [-0.3, -0.25) is 14.2 Å². The van der Waals surface area contributed by atoms with Crippen molar-refractivity contribution < 1.29 is 4.79 Å². The number of nitrogens with one attached hydrogen (secondary N) is 1. The number of nitrogens with zero attached hydrogens (tertiary/aromatic N) is 4. The molecule has 0 aliphatic carbocycles. The highest BCUT2D eigenvalue weighted by Gasteiger charge is 2.04. The van der Waals surface area contributed by atoms with Crippen LogP contribution in [0.15, 0.2) is 27.5 Å². The Morgan fingerprint density at radius 1 is 1.29 bits per heavy atom. The zero-order valence-corrected chi connectivity index (χ0v) is 14.9. The van der Waals surface area contributed by atoms with Crippen molar-refractivity contribution in [3.05, 3.63) is 33.2 Å². The van der Waals surface area contributed by atoms with Crippen LogP contribution in [0.4, 0.5) is 0 Å². The zero-order chi connectivity index (χ0) is 15.2. The van der Waals surface area contributed by atoms with Crippen LogP contribution >= 0.6 is 31.9 Å². The first-order valence-electron chi connectivity index (χ1n) is 6.69. The van der Waals surface area contributed by atoms with Crippen LogP contribution in [-0.4, -0.2) is 32.0 Å². The lowest BCUT2D eigenvalue weighted by atomic mass is 10.3. The molecule has 0 spiro atoms. The monoisotopic (exact) mass is 417 g/mol. The van der Waals surface area contributed by atoms with Crippen LogP contribution < -0.4 is 5.32 Å². The van der Waals surface area contributed by atoms with Crippen molar-refractivity contribution >= 4 is 37.8 Å². The first-order chi connectivity index (χ1) is 10.0. The largest absolute Gasteiger partial charge is 0.356 e. The van der Waals surface area contributed by atoms with E-state index in [9.17, 15) is 4.79 Å². The predicted molar refractivity (Wildman–Crippen MR) is 86.8 cm³/mol. The molecule has 0 fully saturated rings. The minimum Gasteiger partial charge on any atom is -0.356 e. The second-order valence-electron chi connectivity index (χ2n) is 4.70. The zero-order valence-electron chi connectivity index (χ0n) is 11.7. The summed E-state index contributed by atoms with van der Waals surface area (Å²) in [6, 6.07) is 0. The van der Waals surface area contributed by atoms with E-state index in [1.54, 1.807) is 10.9 Å². The van der Waals surface area contributed by atoms with Crippen molar-refractivity contribution in [2.45, 2.75) is 32.9 Å². The van der Waals surface area contributed by atoms with Crippen LogP contribution in [0.2, 0.25) is 0 Å². The molecule has 0 saturated heterocycles.